The standard InChI is InChI=1S/C21H24BrN3O2/c22-16-2-1-3-17(10-16)25-20-11-18(15-4-5-15)19(13-23-20)21(26)24-12-14-6-8-27-9-7-14/h1-3,10-11,13-15H,4-9,12H2,(H,23,25)(H,24,26). The Kier molecular flexibility index (Phi) is 5.74. The lowest BCUT2D eigenvalue weighted by atomic mass is 10.00. The van der Waals surface area contributed by atoms with Gasteiger partial charge in [0.25, 0.3) is 5.91 Å². The first-order valence-electron chi connectivity index (χ1n) is 9.57. The number of carbonyl (C=O) groups excluding carboxylic acids is 1. The Morgan fingerprint density at radius 1 is 1.19 bits per heavy atom. The molecule has 2 N–H and O–H groups in total. The molecule has 2 heterocycles. The highest BCUT2D eigenvalue weighted by atomic mass is 79.9. The van der Waals surface area contributed by atoms with Crippen LogP contribution in [0.4, 0.5) is 11.5 Å². The van der Waals surface area contributed by atoms with Crippen LogP contribution in [-0.4, -0.2) is 30.6 Å². The van der Waals surface area contributed by atoms with Crippen LogP contribution in [0.3, 0.4) is 0 Å². The first-order chi connectivity index (χ1) is 13.2. The molecular formula is C21H24BrN3O2. The average molecular weight is 430 g/mol. The molecule has 1 aliphatic heterocycles. The summed E-state index contributed by atoms with van der Waals surface area (Å²) in [6, 6.07) is 10.00. The summed E-state index contributed by atoms with van der Waals surface area (Å²) in [6.07, 6.45) is 6.03. The minimum Gasteiger partial charge on any atom is -0.381 e. The summed E-state index contributed by atoms with van der Waals surface area (Å²) in [5.41, 5.74) is 2.78. The predicted molar refractivity (Wildman–Crippen MR) is 110 cm³/mol. The highest BCUT2D eigenvalue weighted by Gasteiger charge is 2.29. The van der Waals surface area contributed by atoms with Gasteiger partial charge in [-0.3, -0.25) is 4.79 Å². The van der Waals surface area contributed by atoms with E-state index in [-0.39, 0.29) is 5.91 Å². The number of hydrogen-bond acceptors (Lipinski definition) is 4. The van der Waals surface area contributed by atoms with Crippen molar-refractivity contribution in [2.24, 2.45) is 5.92 Å². The fraction of sp³-hybridized carbons (Fsp3) is 0.429. The van der Waals surface area contributed by atoms with Gasteiger partial charge in [0.2, 0.25) is 0 Å². The third-order valence-electron chi connectivity index (χ3n) is 5.19. The molecule has 0 bridgehead atoms. The Balaban J connectivity index is 1.46. The molecule has 1 aromatic heterocycles. The van der Waals surface area contributed by atoms with E-state index >= 15 is 0 Å². The molecule has 1 amide bonds. The summed E-state index contributed by atoms with van der Waals surface area (Å²) < 4.78 is 6.40. The van der Waals surface area contributed by atoms with E-state index in [1.807, 2.05) is 30.3 Å². The molecule has 0 atom stereocenters. The lowest BCUT2D eigenvalue weighted by Gasteiger charge is -2.22. The highest BCUT2D eigenvalue weighted by molar-refractivity contribution is 9.10. The van der Waals surface area contributed by atoms with E-state index in [1.165, 1.54) is 0 Å². The fourth-order valence-electron chi connectivity index (χ4n) is 3.46. The lowest BCUT2D eigenvalue weighted by Crippen LogP contribution is -2.32. The number of pyridine rings is 1. The van der Waals surface area contributed by atoms with Gasteiger partial charge in [0.15, 0.2) is 0 Å². The van der Waals surface area contributed by atoms with Gasteiger partial charge in [-0.1, -0.05) is 22.0 Å². The van der Waals surface area contributed by atoms with Gasteiger partial charge >= 0.3 is 0 Å². The molecule has 6 heteroatoms. The number of aromatic nitrogens is 1. The number of nitrogens with zero attached hydrogens (tertiary/aromatic N) is 1. The van der Waals surface area contributed by atoms with E-state index in [2.05, 4.69) is 31.5 Å². The van der Waals surface area contributed by atoms with E-state index in [9.17, 15) is 4.79 Å². The second-order valence-electron chi connectivity index (χ2n) is 7.33. The van der Waals surface area contributed by atoms with Crippen LogP contribution in [0.15, 0.2) is 41.0 Å². The first kappa shape index (κ1) is 18.4. The van der Waals surface area contributed by atoms with Crippen molar-refractivity contribution in [2.45, 2.75) is 31.6 Å². The number of benzene rings is 1. The lowest BCUT2D eigenvalue weighted by molar-refractivity contribution is 0.0642. The molecule has 1 aromatic carbocycles. The normalized spacial score (nSPS) is 17.5. The van der Waals surface area contributed by atoms with Crippen molar-refractivity contribution in [1.29, 1.82) is 0 Å². The smallest absolute Gasteiger partial charge is 0.253 e. The van der Waals surface area contributed by atoms with Crippen LogP contribution in [0.2, 0.25) is 0 Å². The summed E-state index contributed by atoms with van der Waals surface area (Å²) in [6.45, 7) is 2.31. The zero-order chi connectivity index (χ0) is 18.6. The molecule has 0 radical (unpaired) electrons. The molecular weight excluding hydrogens is 406 g/mol. The molecule has 1 saturated heterocycles. The van der Waals surface area contributed by atoms with Crippen molar-refractivity contribution in [3.05, 3.63) is 52.1 Å². The first-order valence-corrected chi connectivity index (χ1v) is 10.4. The Labute approximate surface area is 168 Å². The van der Waals surface area contributed by atoms with E-state index in [4.69, 9.17) is 4.74 Å². The van der Waals surface area contributed by atoms with Gasteiger partial charge < -0.3 is 15.4 Å². The van der Waals surface area contributed by atoms with Crippen molar-refractivity contribution in [1.82, 2.24) is 10.3 Å². The van der Waals surface area contributed by atoms with Crippen LogP contribution >= 0.6 is 15.9 Å². The maximum Gasteiger partial charge on any atom is 0.253 e. The van der Waals surface area contributed by atoms with Gasteiger partial charge in [-0.15, -0.1) is 0 Å². The summed E-state index contributed by atoms with van der Waals surface area (Å²) >= 11 is 3.48. The zero-order valence-electron chi connectivity index (χ0n) is 15.2. The number of ether oxygens (including phenoxy) is 1. The molecule has 4 rings (SSSR count). The molecule has 2 fully saturated rings. The number of halogens is 1. The van der Waals surface area contributed by atoms with Crippen molar-refractivity contribution in [2.75, 3.05) is 25.1 Å². The molecule has 142 valence electrons. The van der Waals surface area contributed by atoms with Gasteiger partial charge in [-0.2, -0.15) is 0 Å². The number of anilines is 2. The third kappa shape index (κ3) is 4.87. The third-order valence-corrected chi connectivity index (χ3v) is 5.68. The highest BCUT2D eigenvalue weighted by Crippen LogP contribution is 2.42. The minimum absolute atomic E-state index is 0.00935. The van der Waals surface area contributed by atoms with Crippen LogP contribution in [-0.2, 0) is 4.74 Å². The van der Waals surface area contributed by atoms with E-state index in [0.717, 1.165) is 60.4 Å². The van der Waals surface area contributed by atoms with Crippen LogP contribution in [0.1, 0.15) is 47.5 Å². The average Bonchev–Trinajstić information content (AvgIpc) is 3.52. The summed E-state index contributed by atoms with van der Waals surface area (Å²) in [4.78, 5) is 17.2. The van der Waals surface area contributed by atoms with Crippen molar-refractivity contribution in [3.63, 3.8) is 0 Å². The molecule has 2 aromatic rings. The van der Waals surface area contributed by atoms with Gasteiger partial charge in [-0.25, -0.2) is 4.98 Å². The fourth-order valence-corrected chi connectivity index (χ4v) is 3.86. The van der Waals surface area contributed by atoms with Crippen LogP contribution in [0, 0.1) is 5.92 Å². The number of carbonyl (C=O) groups is 1. The Bertz CT molecular complexity index is 817. The SMILES string of the molecule is O=C(NCC1CCOCC1)c1cnc(Nc2cccc(Br)c2)cc1C1CC1. The number of amides is 1. The van der Waals surface area contributed by atoms with Crippen LogP contribution < -0.4 is 10.6 Å². The second-order valence-corrected chi connectivity index (χ2v) is 8.25. The topological polar surface area (TPSA) is 63.2 Å². The van der Waals surface area contributed by atoms with Gasteiger partial charge in [0, 0.05) is 36.1 Å². The molecule has 1 aliphatic carbocycles. The zero-order valence-corrected chi connectivity index (χ0v) is 16.8. The minimum atomic E-state index is -0.00935. The van der Waals surface area contributed by atoms with E-state index < -0.39 is 0 Å². The maximum atomic E-state index is 12.7. The quantitative estimate of drug-likeness (QED) is 0.702. The van der Waals surface area contributed by atoms with Gasteiger partial charge in [0.05, 0.1) is 5.56 Å². The van der Waals surface area contributed by atoms with Crippen molar-refractivity contribution >= 4 is 33.3 Å². The van der Waals surface area contributed by atoms with Crippen molar-refractivity contribution in [3.8, 4) is 0 Å². The predicted octanol–water partition coefficient (Wildman–Crippen LogP) is 4.62. The number of hydrogen-bond donors (Lipinski definition) is 2. The maximum absolute atomic E-state index is 12.7. The Morgan fingerprint density at radius 3 is 2.74 bits per heavy atom. The summed E-state index contributed by atoms with van der Waals surface area (Å²) in [5.74, 6) is 1.75. The van der Waals surface area contributed by atoms with Gasteiger partial charge in [-0.05, 0) is 67.3 Å². The number of nitrogens with one attached hydrogen (secondary N) is 2. The summed E-state index contributed by atoms with van der Waals surface area (Å²) in [5, 5.41) is 6.44. The molecule has 0 unspecified atom stereocenters. The molecule has 1 saturated carbocycles. The molecule has 27 heavy (non-hydrogen) atoms. The van der Waals surface area contributed by atoms with Crippen molar-refractivity contribution < 1.29 is 9.53 Å². The van der Waals surface area contributed by atoms with Crippen LogP contribution in [0.25, 0.3) is 0 Å². The largest absolute Gasteiger partial charge is 0.381 e. The van der Waals surface area contributed by atoms with E-state index in [1.54, 1.807) is 6.20 Å². The molecule has 2 aliphatic rings. The molecule has 5 nitrogen and oxygen atoms in total. The number of rotatable bonds is 6. The van der Waals surface area contributed by atoms with Crippen LogP contribution in [0.5, 0.6) is 0 Å². The van der Waals surface area contributed by atoms with Gasteiger partial charge in [0.1, 0.15) is 5.82 Å². The second kappa shape index (κ2) is 8.40. The molecule has 0 spiro atoms. The Hall–Kier alpha value is -1.92. The Morgan fingerprint density at radius 2 is 2.00 bits per heavy atom. The van der Waals surface area contributed by atoms with E-state index in [0.29, 0.717) is 23.9 Å². The summed E-state index contributed by atoms with van der Waals surface area (Å²) in [7, 11) is 0. The monoisotopic (exact) mass is 429 g/mol.